The Morgan fingerprint density at radius 2 is 2.00 bits per heavy atom. The number of benzene rings is 1. The molecule has 31 heavy (non-hydrogen) atoms. The van der Waals surface area contributed by atoms with E-state index in [2.05, 4.69) is 76.3 Å². The smallest absolute Gasteiger partial charge is 0.191 e. The first-order valence-corrected chi connectivity index (χ1v) is 11.1. The molecule has 0 radical (unpaired) electrons. The molecule has 1 saturated heterocycles. The lowest BCUT2D eigenvalue weighted by molar-refractivity contribution is -0.0835. The van der Waals surface area contributed by atoms with E-state index in [1.807, 2.05) is 19.4 Å². The maximum atomic E-state index is 6.11. The van der Waals surface area contributed by atoms with E-state index in [9.17, 15) is 0 Å². The van der Waals surface area contributed by atoms with E-state index in [0.717, 1.165) is 44.3 Å². The van der Waals surface area contributed by atoms with Crippen LogP contribution in [-0.2, 0) is 24.2 Å². The van der Waals surface area contributed by atoms with Crippen molar-refractivity contribution >= 4 is 29.9 Å². The third-order valence-electron chi connectivity index (χ3n) is 5.75. The van der Waals surface area contributed by atoms with Gasteiger partial charge < -0.3 is 19.9 Å². The van der Waals surface area contributed by atoms with Crippen molar-refractivity contribution in [1.29, 1.82) is 0 Å². The van der Waals surface area contributed by atoms with Crippen LogP contribution in [0.2, 0.25) is 0 Å². The number of aryl methyl sites for hydroxylation is 2. The van der Waals surface area contributed by atoms with Crippen molar-refractivity contribution in [3.63, 3.8) is 0 Å². The van der Waals surface area contributed by atoms with Gasteiger partial charge in [0.2, 0.25) is 0 Å². The van der Waals surface area contributed by atoms with Gasteiger partial charge in [-0.15, -0.1) is 24.0 Å². The van der Waals surface area contributed by atoms with Crippen LogP contribution in [-0.4, -0.2) is 41.8 Å². The van der Waals surface area contributed by atoms with Gasteiger partial charge in [-0.2, -0.15) is 0 Å². The van der Waals surface area contributed by atoms with Crippen molar-refractivity contribution < 1.29 is 4.74 Å². The molecule has 2 aromatic rings. The molecule has 0 spiro atoms. The molecule has 1 aromatic heterocycles. The van der Waals surface area contributed by atoms with Crippen molar-refractivity contribution in [2.45, 2.75) is 59.2 Å². The molecule has 0 amide bonds. The zero-order valence-corrected chi connectivity index (χ0v) is 21.6. The van der Waals surface area contributed by atoms with Gasteiger partial charge in [-0.3, -0.25) is 4.99 Å². The summed E-state index contributed by atoms with van der Waals surface area (Å²) in [4.78, 5) is 8.93. The largest absolute Gasteiger partial charge is 0.377 e. The number of hydrogen-bond donors (Lipinski definition) is 2. The minimum atomic E-state index is 0. The average molecular weight is 540 g/mol. The standard InChI is InChI=1S/C24H37N5O.HI/c1-24(2,3)22-20(11-8-16-30-22)17-27-23(25-4)28-18-21-26-13-15-29(21)14-12-19-9-6-5-7-10-19;/h5-7,9-10,13,15,20,22H,8,11-12,14,16-18H2,1-4H3,(H2,25,27,28);1H. The molecule has 2 atom stereocenters. The van der Waals surface area contributed by atoms with Gasteiger partial charge in [-0.25, -0.2) is 4.98 Å². The first-order chi connectivity index (χ1) is 14.5. The summed E-state index contributed by atoms with van der Waals surface area (Å²) in [6.07, 6.45) is 7.50. The minimum absolute atomic E-state index is 0. The first-order valence-electron chi connectivity index (χ1n) is 11.1. The van der Waals surface area contributed by atoms with Crippen LogP contribution in [0.15, 0.2) is 47.7 Å². The second-order valence-electron chi connectivity index (χ2n) is 9.14. The summed E-state index contributed by atoms with van der Waals surface area (Å²) in [6, 6.07) is 10.6. The number of rotatable bonds is 7. The zero-order chi connectivity index (χ0) is 21.4. The number of aliphatic imine (C=N–C) groups is 1. The molecule has 0 bridgehead atoms. The fourth-order valence-corrected chi connectivity index (χ4v) is 4.23. The molecule has 2 heterocycles. The number of nitrogens with zero attached hydrogens (tertiary/aromatic N) is 3. The average Bonchev–Trinajstić information content (AvgIpc) is 3.20. The Hall–Kier alpha value is -1.61. The fourth-order valence-electron chi connectivity index (χ4n) is 4.23. The number of aromatic nitrogens is 2. The number of imidazole rings is 1. The van der Waals surface area contributed by atoms with Gasteiger partial charge in [-0.1, -0.05) is 51.1 Å². The fraction of sp³-hybridized carbons (Fsp3) is 0.583. The predicted molar refractivity (Wildman–Crippen MR) is 138 cm³/mol. The predicted octanol–water partition coefficient (Wildman–Crippen LogP) is 4.25. The molecule has 6 nitrogen and oxygen atoms in total. The van der Waals surface area contributed by atoms with Crippen LogP contribution in [0.25, 0.3) is 0 Å². The highest BCUT2D eigenvalue weighted by molar-refractivity contribution is 14.0. The molecule has 2 unspecified atom stereocenters. The van der Waals surface area contributed by atoms with Crippen LogP contribution in [0, 0.1) is 11.3 Å². The third kappa shape index (κ3) is 7.79. The van der Waals surface area contributed by atoms with E-state index in [4.69, 9.17) is 4.74 Å². The molecule has 7 heteroatoms. The summed E-state index contributed by atoms with van der Waals surface area (Å²) in [7, 11) is 1.82. The van der Waals surface area contributed by atoms with Crippen LogP contribution in [0.4, 0.5) is 0 Å². The number of nitrogens with one attached hydrogen (secondary N) is 2. The van der Waals surface area contributed by atoms with Crippen molar-refractivity contribution in [2.24, 2.45) is 16.3 Å². The van der Waals surface area contributed by atoms with Gasteiger partial charge in [0.15, 0.2) is 5.96 Å². The van der Waals surface area contributed by atoms with E-state index < -0.39 is 0 Å². The lowest BCUT2D eigenvalue weighted by atomic mass is 9.78. The van der Waals surface area contributed by atoms with Gasteiger partial charge in [0, 0.05) is 45.1 Å². The summed E-state index contributed by atoms with van der Waals surface area (Å²) in [6.45, 7) is 10.1. The Morgan fingerprint density at radius 3 is 2.71 bits per heavy atom. The normalized spacial score (nSPS) is 19.5. The van der Waals surface area contributed by atoms with Crippen LogP contribution in [0.1, 0.15) is 45.0 Å². The SMILES string of the molecule is CN=C(NCc1nccn1CCc1ccccc1)NCC1CCCOC1C(C)(C)C.I. The summed E-state index contributed by atoms with van der Waals surface area (Å²) < 4.78 is 8.31. The Labute approximate surface area is 204 Å². The van der Waals surface area contributed by atoms with Crippen molar-refractivity contribution in [2.75, 3.05) is 20.2 Å². The summed E-state index contributed by atoms with van der Waals surface area (Å²) in [5.74, 6) is 2.32. The molecule has 1 aliphatic rings. The van der Waals surface area contributed by atoms with E-state index >= 15 is 0 Å². The summed E-state index contributed by atoms with van der Waals surface area (Å²) in [5.41, 5.74) is 1.48. The van der Waals surface area contributed by atoms with Crippen molar-refractivity contribution in [3.05, 3.63) is 54.1 Å². The van der Waals surface area contributed by atoms with Gasteiger partial charge in [0.05, 0.1) is 12.6 Å². The number of guanidine groups is 1. The molecule has 0 aliphatic carbocycles. The Morgan fingerprint density at radius 1 is 1.23 bits per heavy atom. The molecule has 0 saturated carbocycles. The first kappa shape index (κ1) is 25.6. The molecule has 1 aliphatic heterocycles. The Bertz CT molecular complexity index is 800. The Balaban J connectivity index is 0.00000341. The number of hydrogen-bond acceptors (Lipinski definition) is 3. The highest BCUT2D eigenvalue weighted by Crippen LogP contribution is 2.33. The van der Waals surface area contributed by atoms with Crippen LogP contribution in [0.3, 0.4) is 0 Å². The van der Waals surface area contributed by atoms with E-state index in [-0.39, 0.29) is 35.5 Å². The van der Waals surface area contributed by atoms with Gasteiger partial charge in [0.25, 0.3) is 0 Å². The van der Waals surface area contributed by atoms with E-state index in [0.29, 0.717) is 12.5 Å². The van der Waals surface area contributed by atoms with Crippen molar-refractivity contribution in [3.8, 4) is 0 Å². The maximum absolute atomic E-state index is 6.11. The monoisotopic (exact) mass is 539 g/mol. The highest BCUT2D eigenvalue weighted by Gasteiger charge is 2.35. The molecular weight excluding hydrogens is 501 g/mol. The van der Waals surface area contributed by atoms with Gasteiger partial charge >= 0.3 is 0 Å². The lowest BCUT2D eigenvalue weighted by Crippen LogP contribution is -2.47. The maximum Gasteiger partial charge on any atom is 0.191 e. The lowest BCUT2D eigenvalue weighted by Gasteiger charge is -2.40. The zero-order valence-electron chi connectivity index (χ0n) is 19.3. The topological polar surface area (TPSA) is 63.5 Å². The molecule has 3 rings (SSSR count). The summed E-state index contributed by atoms with van der Waals surface area (Å²) in [5, 5.41) is 6.92. The van der Waals surface area contributed by atoms with Gasteiger partial charge in [-0.05, 0) is 30.2 Å². The number of ether oxygens (including phenoxy) is 1. The molecule has 1 aromatic carbocycles. The van der Waals surface area contributed by atoms with E-state index in [1.54, 1.807) is 0 Å². The second kappa shape index (κ2) is 12.4. The van der Waals surface area contributed by atoms with E-state index in [1.165, 1.54) is 12.0 Å². The quantitative estimate of drug-likeness (QED) is 0.314. The molecule has 2 N–H and O–H groups in total. The van der Waals surface area contributed by atoms with Crippen LogP contribution < -0.4 is 10.6 Å². The summed E-state index contributed by atoms with van der Waals surface area (Å²) >= 11 is 0. The molecule has 172 valence electrons. The molecular formula is C24H38IN5O. The Kier molecular flexibility index (Phi) is 10.3. The van der Waals surface area contributed by atoms with Crippen molar-refractivity contribution in [1.82, 2.24) is 20.2 Å². The third-order valence-corrected chi connectivity index (χ3v) is 5.75. The highest BCUT2D eigenvalue weighted by atomic mass is 127. The number of halogens is 1. The molecule has 1 fully saturated rings. The van der Waals surface area contributed by atoms with Crippen LogP contribution in [0.5, 0.6) is 0 Å². The second-order valence-corrected chi connectivity index (χ2v) is 9.14. The van der Waals surface area contributed by atoms with Crippen LogP contribution >= 0.6 is 24.0 Å². The minimum Gasteiger partial charge on any atom is -0.377 e. The van der Waals surface area contributed by atoms with Gasteiger partial charge in [0.1, 0.15) is 5.82 Å².